The SMILES string of the molecule is CC1CN(C(=O)c2cnc3n2CCCC3C)c2ccccc2N1. The highest BCUT2D eigenvalue weighted by Crippen LogP contribution is 2.33. The molecule has 2 aliphatic rings. The summed E-state index contributed by atoms with van der Waals surface area (Å²) in [6, 6.07) is 8.23. The lowest BCUT2D eigenvalue weighted by atomic mass is 10.0. The van der Waals surface area contributed by atoms with E-state index in [1.54, 1.807) is 6.20 Å². The van der Waals surface area contributed by atoms with Crippen LogP contribution in [0.3, 0.4) is 0 Å². The molecule has 0 aliphatic carbocycles. The number of nitrogens with one attached hydrogen (secondary N) is 1. The van der Waals surface area contributed by atoms with E-state index >= 15 is 0 Å². The first kappa shape index (κ1) is 14.3. The van der Waals surface area contributed by atoms with E-state index in [0.29, 0.717) is 12.5 Å². The molecule has 0 fully saturated rings. The Bertz CT molecular complexity index is 751. The second-order valence-corrected chi connectivity index (χ2v) is 6.67. The summed E-state index contributed by atoms with van der Waals surface area (Å²) in [5.74, 6) is 1.54. The van der Waals surface area contributed by atoms with Gasteiger partial charge in [0.25, 0.3) is 5.91 Å². The summed E-state index contributed by atoms with van der Waals surface area (Å²) in [6.07, 6.45) is 4.02. The molecule has 1 aromatic carbocycles. The summed E-state index contributed by atoms with van der Waals surface area (Å²) in [7, 11) is 0. The van der Waals surface area contributed by atoms with Gasteiger partial charge in [-0.2, -0.15) is 0 Å². The molecule has 0 spiro atoms. The molecule has 0 saturated carbocycles. The molecule has 2 unspecified atom stereocenters. The predicted octanol–water partition coefficient (Wildman–Crippen LogP) is 3.24. The van der Waals surface area contributed by atoms with Crippen molar-refractivity contribution in [1.82, 2.24) is 9.55 Å². The number of hydrogen-bond donors (Lipinski definition) is 1. The second-order valence-electron chi connectivity index (χ2n) is 6.67. The number of anilines is 2. The lowest BCUT2D eigenvalue weighted by molar-refractivity contribution is 0.0975. The summed E-state index contributed by atoms with van der Waals surface area (Å²) >= 11 is 0. The monoisotopic (exact) mass is 310 g/mol. The minimum atomic E-state index is 0.0543. The number of benzene rings is 1. The number of fused-ring (bicyclic) bond motifs is 2. The van der Waals surface area contributed by atoms with Crippen LogP contribution in [0.1, 0.15) is 48.9 Å². The molecule has 3 heterocycles. The fraction of sp³-hybridized carbons (Fsp3) is 0.444. The summed E-state index contributed by atoms with van der Waals surface area (Å²) in [6.45, 7) is 5.86. The zero-order valence-electron chi connectivity index (χ0n) is 13.6. The van der Waals surface area contributed by atoms with Gasteiger partial charge >= 0.3 is 0 Å². The summed E-state index contributed by atoms with van der Waals surface area (Å²) < 4.78 is 2.12. The molecule has 23 heavy (non-hydrogen) atoms. The maximum Gasteiger partial charge on any atom is 0.276 e. The van der Waals surface area contributed by atoms with Crippen molar-refractivity contribution in [2.75, 3.05) is 16.8 Å². The third-order valence-electron chi connectivity index (χ3n) is 4.86. The van der Waals surface area contributed by atoms with Crippen LogP contribution >= 0.6 is 0 Å². The maximum atomic E-state index is 13.2. The van der Waals surface area contributed by atoms with Crippen LogP contribution in [0.25, 0.3) is 0 Å². The molecule has 0 bridgehead atoms. The van der Waals surface area contributed by atoms with Gasteiger partial charge in [0.2, 0.25) is 0 Å². The van der Waals surface area contributed by atoms with Gasteiger partial charge in [-0.05, 0) is 31.9 Å². The smallest absolute Gasteiger partial charge is 0.276 e. The van der Waals surface area contributed by atoms with E-state index < -0.39 is 0 Å². The highest BCUT2D eigenvalue weighted by Gasteiger charge is 2.30. The van der Waals surface area contributed by atoms with Gasteiger partial charge in [-0.1, -0.05) is 19.1 Å². The molecule has 120 valence electrons. The van der Waals surface area contributed by atoms with Crippen LogP contribution in [0.2, 0.25) is 0 Å². The van der Waals surface area contributed by atoms with Crippen molar-refractivity contribution in [3.05, 3.63) is 42.0 Å². The van der Waals surface area contributed by atoms with Crippen molar-refractivity contribution in [3.63, 3.8) is 0 Å². The average Bonchev–Trinajstić information content (AvgIpc) is 2.99. The molecule has 2 aromatic rings. The Morgan fingerprint density at radius 1 is 1.30 bits per heavy atom. The summed E-state index contributed by atoms with van der Waals surface area (Å²) in [5.41, 5.74) is 2.69. The number of para-hydroxylation sites is 2. The Hall–Kier alpha value is -2.30. The third-order valence-corrected chi connectivity index (χ3v) is 4.86. The van der Waals surface area contributed by atoms with Crippen molar-refractivity contribution in [1.29, 1.82) is 0 Å². The van der Waals surface area contributed by atoms with Crippen molar-refractivity contribution >= 4 is 17.3 Å². The molecule has 2 aliphatic heterocycles. The number of nitrogens with zero attached hydrogens (tertiary/aromatic N) is 3. The van der Waals surface area contributed by atoms with Gasteiger partial charge in [0.05, 0.1) is 17.6 Å². The van der Waals surface area contributed by atoms with Gasteiger partial charge in [0.15, 0.2) is 0 Å². The molecule has 5 nitrogen and oxygen atoms in total. The van der Waals surface area contributed by atoms with Crippen molar-refractivity contribution in [2.24, 2.45) is 0 Å². The van der Waals surface area contributed by atoms with E-state index in [-0.39, 0.29) is 11.9 Å². The average molecular weight is 310 g/mol. The molecule has 0 radical (unpaired) electrons. The van der Waals surface area contributed by atoms with Crippen LogP contribution in [0, 0.1) is 0 Å². The van der Waals surface area contributed by atoms with Crippen LogP contribution in [-0.2, 0) is 6.54 Å². The van der Waals surface area contributed by atoms with Crippen LogP contribution in [0.4, 0.5) is 11.4 Å². The van der Waals surface area contributed by atoms with Gasteiger partial charge in [-0.3, -0.25) is 4.79 Å². The Morgan fingerprint density at radius 2 is 2.13 bits per heavy atom. The minimum absolute atomic E-state index is 0.0543. The minimum Gasteiger partial charge on any atom is -0.379 e. The molecule has 5 heteroatoms. The molecule has 4 rings (SSSR count). The Labute approximate surface area is 136 Å². The Kier molecular flexibility index (Phi) is 3.36. The zero-order valence-corrected chi connectivity index (χ0v) is 13.6. The summed E-state index contributed by atoms with van der Waals surface area (Å²) in [5, 5.41) is 3.44. The lowest BCUT2D eigenvalue weighted by Gasteiger charge is -2.34. The molecule has 0 saturated heterocycles. The van der Waals surface area contributed by atoms with E-state index in [4.69, 9.17) is 0 Å². The Morgan fingerprint density at radius 3 is 3.00 bits per heavy atom. The van der Waals surface area contributed by atoms with E-state index in [2.05, 4.69) is 28.7 Å². The van der Waals surface area contributed by atoms with Crippen LogP contribution in [0.5, 0.6) is 0 Å². The van der Waals surface area contributed by atoms with Gasteiger partial charge in [0.1, 0.15) is 11.5 Å². The quantitative estimate of drug-likeness (QED) is 0.879. The largest absolute Gasteiger partial charge is 0.379 e. The van der Waals surface area contributed by atoms with E-state index in [0.717, 1.165) is 42.3 Å². The first-order chi connectivity index (χ1) is 11.1. The normalized spacial score (nSPS) is 23.0. The molecule has 2 atom stereocenters. The highest BCUT2D eigenvalue weighted by atomic mass is 16.2. The fourth-order valence-corrected chi connectivity index (χ4v) is 3.72. The topological polar surface area (TPSA) is 50.2 Å². The Balaban J connectivity index is 1.73. The standard InChI is InChI=1S/C18H22N4O/c1-12-6-5-9-21-16(10-19-17(12)21)18(23)22-11-13(2)20-14-7-3-4-8-15(14)22/h3-4,7-8,10,12-13,20H,5-6,9,11H2,1-2H3. The van der Waals surface area contributed by atoms with Crippen molar-refractivity contribution in [2.45, 2.75) is 45.2 Å². The molecule has 1 N–H and O–H groups in total. The third kappa shape index (κ3) is 2.31. The van der Waals surface area contributed by atoms with E-state index in [1.165, 1.54) is 0 Å². The van der Waals surface area contributed by atoms with E-state index in [9.17, 15) is 4.79 Å². The predicted molar refractivity (Wildman–Crippen MR) is 91.1 cm³/mol. The number of carbonyl (C=O) groups is 1. The molecular weight excluding hydrogens is 288 g/mol. The van der Waals surface area contributed by atoms with Gasteiger partial charge < -0.3 is 14.8 Å². The fourth-order valence-electron chi connectivity index (χ4n) is 3.72. The number of amides is 1. The van der Waals surface area contributed by atoms with Gasteiger partial charge in [-0.15, -0.1) is 0 Å². The number of aromatic nitrogens is 2. The maximum absolute atomic E-state index is 13.2. The van der Waals surface area contributed by atoms with Crippen LogP contribution in [-0.4, -0.2) is 28.0 Å². The lowest BCUT2D eigenvalue weighted by Crippen LogP contribution is -2.44. The number of rotatable bonds is 1. The zero-order chi connectivity index (χ0) is 16.0. The summed E-state index contributed by atoms with van der Waals surface area (Å²) in [4.78, 5) is 19.6. The van der Waals surface area contributed by atoms with Crippen molar-refractivity contribution in [3.8, 4) is 0 Å². The van der Waals surface area contributed by atoms with E-state index in [1.807, 2.05) is 29.2 Å². The van der Waals surface area contributed by atoms with Gasteiger partial charge in [0, 0.05) is 25.0 Å². The molecular formula is C18H22N4O. The van der Waals surface area contributed by atoms with Crippen molar-refractivity contribution < 1.29 is 4.79 Å². The highest BCUT2D eigenvalue weighted by molar-refractivity contribution is 6.07. The van der Waals surface area contributed by atoms with Gasteiger partial charge in [-0.25, -0.2) is 4.98 Å². The molecule has 1 aromatic heterocycles. The van der Waals surface area contributed by atoms with Crippen LogP contribution in [0.15, 0.2) is 30.5 Å². The second kappa shape index (κ2) is 5.41. The number of imidazole rings is 1. The molecule has 1 amide bonds. The van der Waals surface area contributed by atoms with Crippen LogP contribution < -0.4 is 10.2 Å². The number of hydrogen-bond acceptors (Lipinski definition) is 3. The first-order valence-corrected chi connectivity index (χ1v) is 8.38. The number of carbonyl (C=O) groups excluding carboxylic acids is 1. The first-order valence-electron chi connectivity index (χ1n) is 8.38.